The number of aryl methyl sites for hydroxylation is 2. The number of carbonyl (C=O) groups is 1. The molecule has 1 fully saturated rings. The van der Waals surface area contributed by atoms with Gasteiger partial charge in [0, 0.05) is 13.1 Å². The van der Waals surface area contributed by atoms with Gasteiger partial charge in [-0.2, -0.15) is 0 Å². The van der Waals surface area contributed by atoms with Gasteiger partial charge in [0.25, 0.3) is 0 Å². The summed E-state index contributed by atoms with van der Waals surface area (Å²) in [6.45, 7) is 6.70. The SMILES string of the molecule is Cc1cccc(C)c1OCCNC(=O)CN1CC[C@H](O)C1. The first-order chi connectivity index (χ1) is 10.1. The van der Waals surface area contributed by atoms with Crippen molar-refractivity contribution in [2.24, 2.45) is 0 Å². The van der Waals surface area contributed by atoms with Gasteiger partial charge in [-0.3, -0.25) is 9.69 Å². The molecule has 2 rings (SSSR count). The fraction of sp³-hybridized carbons (Fsp3) is 0.562. The van der Waals surface area contributed by atoms with E-state index in [1.54, 1.807) is 0 Å². The summed E-state index contributed by atoms with van der Waals surface area (Å²) in [6.07, 6.45) is 0.466. The predicted octanol–water partition coefficient (Wildman–Crippen LogP) is 0.865. The summed E-state index contributed by atoms with van der Waals surface area (Å²) in [5, 5.41) is 12.3. The van der Waals surface area contributed by atoms with E-state index in [0.717, 1.165) is 29.8 Å². The first-order valence-electron chi connectivity index (χ1n) is 7.42. The molecule has 1 aromatic rings. The van der Waals surface area contributed by atoms with Crippen LogP contribution in [-0.4, -0.2) is 54.8 Å². The summed E-state index contributed by atoms with van der Waals surface area (Å²) in [7, 11) is 0. The molecule has 1 amide bonds. The minimum atomic E-state index is -0.287. The highest BCUT2D eigenvalue weighted by Gasteiger charge is 2.21. The van der Waals surface area contributed by atoms with E-state index in [1.807, 2.05) is 36.9 Å². The number of rotatable bonds is 6. The first kappa shape index (κ1) is 15.8. The Labute approximate surface area is 125 Å². The number of nitrogens with one attached hydrogen (secondary N) is 1. The summed E-state index contributed by atoms with van der Waals surface area (Å²) in [5.74, 6) is 0.878. The Morgan fingerprint density at radius 3 is 2.76 bits per heavy atom. The van der Waals surface area contributed by atoms with Crippen LogP contribution >= 0.6 is 0 Å². The van der Waals surface area contributed by atoms with Crippen molar-refractivity contribution in [1.82, 2.24) is 10.2 Å². The zero-order chi connectivity index (χ0) is 15.2. The molecule has 1 heterocycles. The molecule has 1 aliphatic rings. The van der Waals surface area contributed by atoms with Crippen molar-refractivity contribution in [3.63, 3.8) is 0 Å². The Balaban J connectivity index is 1.66. The number of hydrogen-bond acceptors (Lipinski definition) is 4. The van der Waals surface area contributed by atoms with Crippen molar-refractivity contribution >= 4 is 5.91 Å². The molecule has 0 aliphatic carbocycles. The smallest absolute Gasteiger partial charge is 0.234 e. The van der Waals surface area contributed by atoms with Crippen molar-refractivity contribution in [1.29, 1.82) is 0 Å². The fourth-order valence-electron chi connectivity index (χ4n) is 2.59. The van der Waals surface area contributed by atoms with E-state index < -0.39 is 0 Å². The number of ether oxygens (including phenoxy) is 1. The van der Waals surface area contributed by atoms with Crippen LogP contribution in [0.3, 0.4) is 0 Å². The predicted molar refractivity (Wildman–Crippen MR) is 81.5 cm³/mol. The van der Waals surface area contributed by atoms with E-state index in [2.05, 4.69) is 5.32 Å². The van der Waals surface area contributed by atoms with Gasteiger partial charge in [0.1, 0.15) is 12.4 Å². The standard InChI is InChI=1S/C16H24N2O3/c1-12-4-3-5-13(2)16(12)21-9-7-17-15(20)11-18-8-6-14(19)10-18/h3-5,14,19H,6-11H2,1-2H3,(H,17,20)/t14-/m0/s1. The molecule has 1 aromatic carbocycles. The Morgan fingerprint density at radius 1 is 1.43 bits per heavy atom. The van der Waals surface area contributed by atoms with E-state index >= 15 is 0 Å². The van der Waals surface area contributed by atoms with E-state index in [-0.39, 0.29) is 12.0 Å². The maximum atomic E-state index is 11.8. The number of amides is 1. The summed E-state index contributed by atoms with van der Waals surface area (Å²) >= 11 is 0. The summed E-state index contributed by atoms with van der Waals surface area (Å²) < 4.78 is 5.74. The van der Waals surface area contributed by atoms with Crippen molar-refractivity contribution in [3.8, 4) is 5.75 Å². The third-order valence-corrected chi connectivity index (χ3v) is 3.69. The van der Waals surface area contributed by atoms with Gasteiger partial charge >= 0.3 is 0 Å². The number of hydrogen-bond donors (Lipinski definition) is 2. The molecule has 1 saturated heterocycles. The number of para-hydroxylation sites is 1. The zero-order valence-corrected chi connectivity index (χ0v) is 12.8. The minimum Gasteiger partial charge on any atom is -0.491 e. The third kappa shape index (κ3) is 4.72. The normalized spacial score (nSPS) is 18.7. The topological polar surface area (TPSA) is 61.8 Å². The average Bonchev–Trinajstić information content (AvgIpc) is 2.82. The molecule has 0 aromatic heterocycles. The van der Waals surface area contributed by atoms with Crippen molar-refractivity contribution in [2.75, 3.05) is 32.8 Å². The number of likely N-dealkylation sites (tertiary alicyclic amines) is 1. The van der Waals surface area contributed by atoms with Crippen LogP contribution < -0.4 is 10.1 Å². The minimum absolute atomic E-state index is 0.0193. The Morgan fingerprint density at radius 2 is 2.14 bits per heavy atom. The van der Waals surface area contributed by atoms with Crippen LogP contribution in [0.5, 0.6) is 5.75 Å². The van der Waals surface area contributed by atoms with Crippen LogP contribution in [0.4, 0.5) is 0 Å². The molecule has 2 N–H and O–H groups in total. The van der Waals surface area contributed by atoms with Gasteiger partial charge in [0.15, 0.2) is 0 Å². The monoisotopic (exact) mass is 292 g/mol. The van der Waals surface area contributed by atoms with Gasteiger partial charge < -0.3 is 15.2 Å². The fourth-order valence-corrected chi connectivity index (χ4v) is 2.59. The Kier molecular flexibility index (Phi) is 5.59. The maximum Gasteiger partial charge on any atom is 0.234 e. The molecule has 21 heavy (non-hydrogen) atoms. The second-order valence-electron chi connectivity index (χ2n) is 5.60. The lowest BCUT2D eigenvalue weighted by Crippen LogP contribution is -2.38. The molecule has 5 nitrogen and oxygen atoms in total. The molecule has 5 heteroatoms. The largest absolute Gasteiger partial charge is 0.491 e. The van der Waals surface area contributed by atoms with Crippen LogP contribution in [0, 0.1) is 13.8 Å². The molecular weight excluding hydrogens is 268 g/mol. The van der Waals surface area contributed by atoms with Crippen molar-refractivity contribution in [3.05, 3.63) is 29.3 Å². The molecule has 0 unspecified atom stereocenters. The van der Waals surface area contributed by atoms with Gasteiger partial charge in [0.2, 0.25) is 5.91 Å². The quantitative estimate of drug-likeness (QED) is 0.764. The lowest BCUT2D eigenvalue weighted by molar-refractivity contribution is -0.122. The number of benzene rings is 1. The second-order valence-corrected chi connectivity index (χ2v) is 5.60. The lowest BCUT2D eigenvalue weighted by atomic mass is 10.1. The maximum absolute atomic E-state index is 11.8. The van der Waals surface area contributed by atoms with E-state index in [9.17, 15) is 9.90 Å². The molecular formula is C16H24N2O3. The summed E-state index contributed by atoms with van der Waals surface area (Å²) in [4.78, 5) is 13.7. The van der Waals surface area contributed by atoms with Crippen LogP contribution in [0.2, 0.25) is 0 Å². The van der Waals surface area contributed by atoms with E-state index in [4.69, 9.17) is 4.74 Å². The number of carbonyl (C=O) groups excluding carboxylic acids is 1. The zero-order valence-electron chi connectivity index (χ0n) is 12.8. The molecule has 116 valence electrons. The molecule has 0 bridgehead atoms. The van der Waals surface area contributed by atoms with Gasteiger partial charge in [0.05, 0.1) is 19.2 Å². The highest BCUT2D eigenvalue weighted by molar-refractivity contribution is 5.78. The van der Waals surface area contributed by atoms with Crippen LogP contribution in [0.25, 0.3) is 0 Å². The summed E-state index contributed by atoms with van der Waals surface area (Å²) in [5.41, 5.74) is 2.21. The number of aliphatic hydroxyl groups excluding tert-OH is 1. The Bertz CT molecular complexity index is 470. The molecule has 0 saturated carbocycles. The molecule has 1 aliphatic heterocycles. The Hall–Kier alpha value is -1.59. The van der Waals surface area contributed by atoms with Crippen LogP contribution in [-0.2, 0) is 4.79 Å². The van der Waals surface area contributed by atoms with Crippen molar-refractivity contribution < 1.29 is 14.6 Å². The van der Waals surface area contributed by atoms with Crippen molar-refractivity contribution in [2.45, 2.75) is 26.4 Å². The first-order valence-corrected chi connectivity index (χ1v) is 7.42. The number of β-amino-alcohol motifs (C(OH)–C–C–N with tert-alkyl or cyclic N) is 1. The number of aliphatic hydroxyl groups is 1. The molecule has 0 spiro atoms. The third-order valence-electron chi connectivity index (χ3n) is 3.69. The highest BCUT2D eigenvalue weighted by Crippen LogP contribution is 2.21. The van der Waals surface area contributed by atoms with Gasteiger partial charge in [-0.1, -0.05) is 18.2 Å². The molecule has 1 atom stereocenters. The van der Waals surface area contributed by atoms with E-state index in [0.29, 0.717) is 26.2 Å². The van der Waals surface area contributed by atoms with Gasteiger partial charge in [-0.15, -0.1) is 0 Å². The summed E-state index contributed by atoms with van der Waals surface area (Å²) in [6, 6.07) is 6.03. The van der Waals surface area contributed by atoms with E-state index in [1.165, 1.54) is 0 Å². The number of nitrogens with zero attached hydrogens (tertiary/aromatic N) is 1. The van der Waals surface area contributed by atoms with Crippen LogP contribution in [0.15, 0.2) is 18.2 Å². The van der Waals surface area contributed by atoms with Gasteiger partial charge in [-0.05, 0) is 31.4 Å². The van der Waals surface area contributed by atoms with Gasteiger partial charge in [-0.25, -0.2) is 0 Å². The second kappa shape index (κ2) is 7.43. The average molecular weight is 292 g/mol. The highest BCUT2D eigenvalue weighted by atomic mass is 16.5. The van der Waals surface area contributed by atoms with Crippen LogP contribution in [0.1, 0.15) is 17.5 Å². The molecule has 0 radical (unpaired) electrons. The lowest BCUT2D eigenvalue weighted by Gasteiger charge is -2.15.